The maximum Gasteiger partial charge on any atom is 0.472 e. The molecule has 0 saturated heterocycles. The van der Waals surface area contributed by atoms with E-state index in [4.69, 9.17) is 37.0 Å². The van der Waals surface area contributed by atoms with Crippen LogP contribution in [-0.4, -0.2) is 96.7 Å². The Balaban J connectivity index is 5.45. The van der Waals surface area contributed by atoms with Crippen LogP contribution in [0, 0.1) is 0 Å². The molecule has 626 valence electrons. The average molecular weight is 1580 g/mol. The number of carbonyl (C=O) groups excluding carboxylic acids is 4. The van der Waals surface area contributed by atoms with Gasteiger partial charge >= 0.3 is 39.5 Å². The summed E-state index contributed by atoms with van der Waals surface area (Å²) in [5.41, 5.74) is 0. The number of unbranched alkanes of at least 4 members (excludes halogenated alkanes) is 24. The van der Waals surface area contributed by atoms with Gasteiger partial charge in [0.2, 0.25) is 0 Å². The zero-order valence-electron chi connectivity index (χ0n) is 68.6. The van der Waals surface area contributed by atoms with Crippen molar-refractivity contribution in [2.75, 3.05) is 39.6 Å². The molecule has 0 aliphatic rings. The molecule has 0 bridgehead atoms. The summed E-state index contributed by atoms with van der Waals surface area (Å²) in [5, 5.41) is 10.7. The van der Waals surface area contributed by atoms with Crippen molar-refractivity contribution in [1.82, 2.24) is 0 Å². The third-order valence-electron chi connectivity index (χ3n) is 17.2. The lowest BCUT2D eigenvalue weighted by atomic mass is 10.0. The van der Waals surface area contributed by atoms with Crippen molar-refractivity contribution in [2.24, 2.45) is 0 Å². The number of phosphoric acid groups is 2. The summed E-state index contributed by atoms with van der Waals surface area (Å²) in [6, 6.07) is 0. The first-order valence-electron chi connectivity index (χ1n) is 42.4. The van der Waals surface area contributed by atoms with Crippen molar-refractivity contribution < 1.29 is 80.2 Å². The molecule has 17 nitrogen and oxygen atoms in total. The summed E-state index contributed by atoms with van der Waals surface area (Å²) in [7, 11) is -10.00. The van der Waals surface area contributed by atoms with E-state index in [9.17, 15) is 43.2 Å². The van der Waals surface area contributed by atoms with Crippen LogP contribution in [0.4, 0.5) is 0 Å². The highest BCUT2D eigenvalue weighted by Crippen LogP contribution is 2.45. The zero-order valence-corrected chi connectivity index (χ0v) is 70.4. The van der Waals surface area contributed by atoms with Gasteiger partial charge in [0.05, 0.1) is 26.4 Å². The Morgan fingerprint density at radius 1 is 0.264 bits per heavy atom. The van der Waals surface area contributed by atoms with Crippen molar-refractivity contribution in [3.63, 3.8) is 0 Å². The van der Waals surface area contributed by atoms with Crippen molar-refractivity contribution in [1.29, 1.82) is 0 Å². The van der Waals surface area contributed by atoms with Gasteiger partial charge in [0.1, 0.15) is 19.3 Å². The molecule has 0 heterocycles. The highest BCUT2D eigenvalue weighted by Gasteiger charge is 2.30. The van der Waals surface area contributed by atoms with Gasteiger partial charge in [-0.25, -0.2) is 9.13 Å². The first-order valence-corrected chi connectivity index (χ1v) is 45.4. The fourth-order valence-corrected chi connectivity index (χ4v) is 12.4. The van der Waals surface area contributed by atoms with Crippen molar-refractivity contribution in [3.8, 4) is 0 Å². The summed E-state index contributed by atoms with van der Waals surface area (Å²) in [6.45, 7) is 4.46. The van der Waals surface area contributed by atoms with E-state index < -0.39 is 97.5 Å². The van der Waals surface area contributed by atoms with E-state index in [1.54, 1.807) is 0 Å². The number of phosphoric ester groups is 2. The molecule has 0 saturated carbocycles. The highest BCUT2D eigenvalue weighted by molar-refractivity contribution is 7.47. The smallest absolute Gasteiger partial charge is 0.462 e. The van der Waals surface area contributed by atoms with Gasteiger partial charge in [0, 0.05) is 25.7 Å². The van der Waals surface area contributed by atoms with E-state index in [0.717, 1.165) is 193 Å². The number of aliphatic hydroxyl groups excluding tert-OH is 1. The van der Waals surface area contributed by atoms with Gasteiger partial charge in [-0.05, 0) is 154 Å². The number of allylic oxidation sites excluding steroid dienone is 28. The zero-order chi connectivity index (χ0) is 80.3. The van der Waals surface area contributed by atoms with Gasteiger partial charge < -0.3 is 33.8 Å². The molecule has 110 heavy (non-hydrogen) atoms. The molecule has 0 radical (unpaired) electrons. The Labute approximate surface area is 667 Å². The summed E-state index contributed by atoms with van der Waals surface area (Å²) in [4.78, 5) is 73.2. The average Bonchev–Trinajstić information content (AvgIpc) is 0.900. The lowest BCUT2D eigenvalue weighted by Crippen LogP contribution is -2.30. The van der Waals surface area contributed by atoms with Crippen LogP contribution in [0.2, 0.25) is 0 Å². The molecule has 0 aliphatic heterocycles. The lowest BCUT2D eigenvalue weighted by Gasteiger charge is -2.21. The minimum Gasteiger partial charge on any atom is -0.462 e. The number of hydrogen-bond acceptors (Lipinski definition) is 15. The molecular weight excluding hydrogens is 1430 g/mol. The van der Waals surface area contributed by atoms with Crippen LogP contribution in [0.15, 0.2) is 170 Å². The quantitative estimate of drug-likeness (QED) is 0.0169. The van der Waals surface area contributed by atoms with E-state index in [0.29, 0.717) is 25.7 Å². The topological polar surface area (TPSA) is 237 Å². The van der Waals surface area contributed by atoms with E-state index in [-0.39, 0.29) is 25.7 Å². The Kier molecular flexibility index (Phi) is 77.3. The molecule has 19 heteroatoms. The molecule has 5 atom stereocenters. The van der Waals surface area contributed by atoms with E-state index >= 15 is 0 Å². The van der Waals surface area contributed by atoms with Gasteiger partial charge in [-0.2, -0.15) is 0 Å². The molecule has 0 aromatic carbocycles. The highest BCUT2D eigenvalue weighted by atomic mass is 31.2. The van der Waals surface area contributed by atoms with Crippen molar-refractivity contribution >= 4 is 39.5 Å². The molecule has 0 aromatic heterocycles. The Hall–Kier alpha value is -5.58. The second-order valence-corrected chi connectivity index (χ2v) is 30.5. The largest absolute Gasteiger partial charge is 0.472 e. The van der Waals surface area contributed by atoms with Crippen molar-refractivity contribution in [2.45, 2.75) is 341 Å². The van der Waals surface area contributed by atoms with Gasteiger partial charge in [-0.15, -0.1) is 0 Å². The Bertz CT molecular complexity index is 2750. The van der Waals surface area contributed by atoms with Crippen molar-refractivity contribution in [3.05, 3.63) is 170 Å². The molecule has 0 amide bonds. The Morgan fingerprint density at radius 2 is 0.473 bits per heavy atom. The van der Waals surface area contributed by atoms with Crippen LogP contribution in [0.25, 0.3) is 0 Å². The normalized spacial score (nSPS) is 14.6. The van der Waals surface area contributed by atoms with Gasteiger partial charge in [-0.3, -0.25) is 37.3 Å². The monoisotopic (exact) mass is 1580 g/mol. The number of aliphatic hydroxyl groups is 1. The third-order valence-corrected chi connectivity index (χ3v) is 19.1. The van der Waals surface area contributed by atoms with Crippen LogP contribution >= 0.6 is 15.6 Å². The Morgan fingerprint density at radius 3 is 0.736 bits per heavy atom. The fraction of sp³-hybridized carbons (Fsp3) is 0.648. The van der Waals surface area contributed by atoms with Gasteiger partial charge in [0.15, 0.2) is 12.2 Å². The molecule has 0 rings (SSSR count). The van der Waals surface area contributed by atoms with E-state index in [1.165, 1.54) is 51.4 Å². The maximum absolute atomic E-state index is 13.1. The number of hydrogen-bond donors (Lipinski definition) is 3. The van der Waals surface area contributed by atoms with Crippen LogP contribution in [-0.2, 0) is 65.4 Å². The molecular formula is C91H150O17P2. The second-order valence-electron chi connectivity index (χ2n) is 27.6. The fourth-order valence-electron chi connectivity index (χ4n) is 10.9. The maximum atomic E-state index is 13.1. The number of rotatable bonds is 78. The third kappa shape index (κ3) is 80.5. The molecule has 3 N–H and O–H groups in total. The van der Waals surface area contributed by atoms with E-state index in [1.807, 2.05) is 0 Å². The number of ether oxygens (including phenoxy) is 4. The first-order chi connectivity index (χ1) is 53.7. The molecule has 0 aliphatic carbocycles. The summed E-state index contributed by atoms with van der Waals surface area (Å²) < 4.78 is 68.7. The van der Waals surface area contributed by atoms with E-state index in [2.05, 4.69) is 198 Å². The predicted octanol–water partition coefficient (Wildman–Crippen LogP) is 25.3. The predicted molar refractivity (Wildman–Crippen MR) is 454 cm³/mol. The SMILES string of the molecule is CC/C=C\C/C=C\C/C=C\C/C=C\C/C=C\CCCCCC(=O)OCC(COP(=O)(O)OCC(O)COP(=O)(O)OCC(COC(=O)CCCCCCCC/C=C\C/C=C\C/C=C\C/C=C\CC)OC(=O)CCCCCCCCCCCCCCC)OC(=O)CCCCC/C=C\C/C=C\C/C=C\C/C=C\C/C=C\CC. The van der Waals surface area contributed by atoms with Gasteiger partial charge in [0.25, 0.3) is 0 Å². The molecule has 0 fully saturated rings. The standard InChI is InChI=1S/C91H150O17P2/c1-5-9-13-17-21-25-29-33-36-39-42-45-48-52-55-59-63-67-71-75-88(93)101-81-86(107-90(95)77-73-69-65-61-57-51-32-28-24-20-16-12-8-4)83-105-109(97,98)103-79-85(92)80-104-110(99,100)106-84-87(108-91(96)78-74-70-66-62-58-54-50-47-44-41-38-35-31-27-23-19-15-11-7-3)82-102-89(94)76-72-68-64-60-56-53-49-46-43-40-37-34-30-26-22-18-14-10-6-2/h9-11,13-15,21-23,25-27,33-38,42-47,53-54,56,58,85-87,92H,5-8,12,16-20,24,28-32,39-41,48-52,55,57,59-84H2,1-4H3,(H,97,98)(H,99,100)/b13-9-,14-10-,15-11-,25-21-,26-22-,27-23-,36-33-,37-34-,38-35-,45-42-,46-43-,47-44-,56-53-,58-54-. The summed E-state index contributed by atoms with van der Waals surface area (Å²) >= 11 is 0. The minimum absolute atomic E-state index is 0.0422. The first kappa shape index (κ1) is 104. The van der Waals surface area contributed by atoms with Crippen LogP contribution in [0.5, 0.6) is 0 Å². The second kappa shape index (κ2) is 81.4. The number of carbonyl (C=O) groups is 4. The minimum atomic E-state index is -5.01. The molecule has 0 spiro atoms. The van der Waals surface area contributed by atoms with Crippen LogP contribution in [0.1, 0.15) is 323 Å². The number of esters is 4. The molecule has 0 aromatic rings. The summed E-state index contributed by atoms with van der Waals surface area (Å²) in [6.07, 6.45) is 97.4. The van der Waals surface area contributed by atoms with Crippen LogP contribution < -0.4 is 0 Å². The lowest BCUT2D eigenvalue weighted by molar-refractivity contribution is -0.161. The summed E-state index contributed by atoms with van der Waals surface area (Å²) in [5.74, 6) is -2.26. The van der Waals surface area contributed by atoms with Gasteiger partial charge in [-0.1, -0.05) is 313 Å². The van der Waals surface area contributed by atoms with Crippen LogP contribution in [0.3, 0.4) is 0 Å². The molecule has 5 unspecified atom stereocenters.